The number of hydrogen-bond donors (Lipinski definition) is 0. The molecule has 0 saturated carbocycles. The van der Waals surface area contributed by atoms with Gasteiger partial charge in [-0.15, -0.1) is 0 Å². The minimum atomic E-state index is -0.303. The molecule has 0 bridgehead atoms. The van der Waals surface area contributed by atoms with Crippen molar-refractivity contribution in [1.82, 2.24) is 0 Å². The minimum Gasteiger partial charge on any atom is -0.463 e. The molecule has 2 atom stereocenters. The zero-order valence-electron chi connectivity index (χ0n) is 21.7. The molecule has 184 valence electrons. The van der Waals surface area contributed by atoms with E-state index in [1.54, 1.807) is 0 Å². The number of hydrogen-bond acceptors (Lipinski definition) is 5. The maximum Gasteiger partial charge on any atom is 0.306 e. The quantitative estimate of drug-likeness (QED) is 0.193. The van der Waals surface area contributed by atoms with Crippen molar-refractivity contribution in [2.24, 2.45) is 10.8 Å². The summed E-state index contributed by atoms with van der Waals surface area (Å²) in [4.78, 5) is 23.8. The molecule has 0 spiro atoms. The first-order chi connectivity index (χ1) is 14.3. The Kier molecular flexibility index (Phi) is 15.1. The van der Waals surface area contributed by atoms with Crippen molar-refractivity contribution in [2.45, 2.75) is 132 Å². The molecule has 0 aliphatic rings. The zero-order valence-corrected chi connectivity index (χ0v) is 21.7. The van der Waals surface area contributed by atoms with Crippen molar-refractivity contribution in [3.05, 3.63) is 0 Å². The van der Waals surface area contributed by atoms with Gasteiger partial charge < -0.3 is 14.2 Å². The molecule has 0 rings (SSSR count). The van der Waals surface area contributed by atoms with Crippen LogP contribution >= 0.6 is 0 Å². The van der Waals surface area contributed by atoms with Crippen LogP contribution in [0.15, 0.2) is 0 Å². The van der Waals surface area contributed by atoms with Gasteiger partial charge in [0, 0.05) is 12.8 Å². The summed E-state index contributed by atoms with van der Waals surface area (Å²) in [5, 5.41) is 0. The predicted molar refractivity (Wildman–Crippen MR) is 127 cm³/mol. The Balaban J connectivity index is 3.73. The number of carbonyl (C=O) groups is 2. The van der Waals surface area contributed by atoms with Crippen LogP contribution in [0, 0.1) is 10.8 Å². The number of carbonyl (C=O) groups excluding carboxylic acids is 2. The van der Waals surface area contributed by atoms with Crippen molar-refractivity contribution in [2.75, 3.05) is 13.2 Å². The fraction of sp³-hybridized carbons (Fsp3) is 0.923. The second-order valence-electron chi connectivity index (χ2n) is 11.4. The number of esters is 2. The average Bonchev–Trinajstić information content (AvgIpc) is 2.62. The molecule has 0 aliphatic carbocycles. The first-order valence-electron chi connectivity index (χ1n) is 12.3. The summed E-state index contributed by atoms with van der Waals surface area (Å²) in [5.41, 5.74) is 0.703. The van der Waals surface area contributed by atoms with E-state index in [1.165, 1.54) is 12.8 Å². The Morgan fingerprint density at radius 1 is 0.645 bits per heavy atom. The van der Waals surface area contributed by atoms with Gasteiger partial charge in [-0.05, 0) is 50.4 Å². The highest BCUT2D eigenvalue weighted by Gasteiger charge is 2.14. The van der Waals surface area contributed by atoms with Gasteiger partial charge in [0.15, 0.2) is 0 Å². The summed E-state index contributed by atoms with van der Waals surface area (Å²) >= 11 is 0. The molecule has 0 aromatic heterocycles. The summed E-state index contributed by atoms with van der Waals surface area (Å²) in [7, 11) is 0. The highest BCUT2D eigenvalue weighted by atomic mass is 16.6. The van der Waals surface area contributed by atoms with Gasteiger partial charge in [0.25, 0.3) is 0 Å². The molecule has 0 N–H and O–H groups in total. The van der Waals surface area contributed by atoms with Crippen LogP contribution in [0.1, 0.15) is 120 Å². The average molecular weight is 443 g/mol. The maximum absolute atomic E-state index is 11.9. The predicted octanol–water partition coefficient (Wildman–Crippen LogP) is 6.86. The highest BCUT2D eigenvalue weighted by Crippen LogP contribution is 2.23. The Hall–Kier alpha value is -1.10. The first kappa shape index (κ1) is 29.9. The molecule has 2 unspecified atom stereocenters. The third-order valence-corrected chi connectivity index (χ3v) is 5.04. The van der Waals surface area contributed by atoms with Crippen LogP contribution in [0.4, 0.5) is 0 Å². The van der Waals surface area contributed by atoms with Crippen LogP contribution in [0.5, 0.6) is 0 Å². The molecule has 0 amide bonds. The summed E-state index contributed by atoms with van der Waals surface area (Å²) in [6.07, 6.45) is 8.86. The Bertz CT molecular complexity index is 487. The lowest BCUT2D eigenvalue weighted by Gasteiger charge is -2.18. The van der Waals surface area contributed by atoms with E-state index >= 15 is 0 Å². The van der Waals surface area contributed by atoms with E-state index in [-0.39, 0.29) is 30.8 Å². The standard InChI is InChI=1S/C26H50O5/c1-21(19-30-23(27)15-11-9-13-17-25(3,4)5)29-20-22(2)31-24(28)16-12-10-14-18-26(6,7)8/h21-22H,9-20H2,1-8H3. The fourth-order valence-corrected chi connectivity index (χ4v) is 3.15. The maximum atomic E-state index is 11.9. The molecule has 0 radical (unpaired) electrons. The zero-order chi connectivity index (χ0) is 23.9. The van der Waals surface area contributed by atoms with E-state index in [2.05, 4.69) is 41.5 Å². The molecule has 0 saturated heterocycles. The number of rotatable bonds is 16. The summed E-state index contributed by atoms with van der Waals surface area (Å²) in [6, 6.07) is 0. The van der Waals surface area contributed by atoms with E-state index in [4.69, 9.17) is 14.2 Å². The molecular weight excluding hydrogens is 392 g/mol. The third-order valence-electron chi connectivity index (χ3n) is 5.04. The number of unbranched alkanes of at least 4 members (excludes halogenated alkanes) is 4. The molecule has 0 aromatic carbocycles. The van der Waals surface area contributed by atoms with E-state index in [0.717, 1.165) is 38.5 Å². The summed E-state index contributed by atoms with van der Waals surface area (Å²) < 4.78 is 16.4. The molecular formula is C26H50O5. The molecule has 0 aromatic rings. The lowest BCUT2D eigenvalue weighted by molar-refractivity contribution is -0.154. The van der Waals surface area contributed by atoms with E-state index in [9.17, 15) is 9.59 Å². The fourth-order valence-electron chi connectivity index (χ4n) is 3.15. The van der Waals surface area contributed by atoms with Crippen molar-refractivity contribution >= 4 is 11.9 Å². The Labute approximate surface area is 192 Å². The summed E-state index contributed by atoms with van der Waals surface area (Å²) in [6.45, 7) is 17.6. The smallest absolute Gasteiger partial charge is 0.306 e. The van der Waals surface area contributed by atoms with Crippen molar-refractivity contribution in [3.8, 4) is 0 Å². The highest BCUT2D eigenvalue weighted by molar-refractivity contribution is 5.69. The topological polar surface area (TPSA) is 61.8 Å². The SMILES string of the molecule is CC(COC(=O)CCCCCC(C)(C)C)OCC(C)OC(=O)CCCCCC(C)(C)C. The van der Waals surface area contributed by atoms with Crippen LogP contribution < -0.4 is 0 Å². The molecule has 0 aliphatic heterocycles. The summed E-state index contributed by atoms with van der Waals surface area (Å²) in [5.74, 6) is -0.338. The van der Waals surface area contributed by atoms with Gasteiger partial charge in [0.05, 0.1) is 12.7 Å². The van der Waals surface area contributed by atoms with Gasteiger partial charge >= 0.3 is 11.9 Å². The van der Waals surface area contributed by atoms with Crippen LogP contribution in [0.25, 0.3) is 0 Å². The monoisotopic (exact) mass is 442 g/mol. The minimum absolute atomic E-state index is 0.169. The molecule has 0 heterocycles. The number of ether oxygens (including phenoxy) is 3. The van der Waals surface area contributed by atoms with Gasteiger partial charge in [0.2, 0.25) is 0 Å². The van der Waals surface area contributed by atoms with Crippen LogP contribution in [-0.4, -0.2) is 37.4 Å². The molecule has 0 fully saturated rings. The van der Waals surface area contributed by atoms with Gasteiger partial charge in [-0.1, -0.05) is 67.2 Å². The third kappa shape index (κ3) is 21.9. The van der Waals surface area contributed by atoms with Crippen molar-refractivity contribution in [1.29, 1.82) is 0 Å². The molecule has 31 heavy (non-hydrogen) atoms. The second-order valence-corrected chi connectivity index (χ2v) is 11.4. The lowest BCUT2D eigenvalue weighted by Crippen LogP contribution is -2.26. The van der Waals surface area contributed by atoms with Gasteiger partial charge in [-0.2, -0.15) is 0 Å². The van der Waals surface area contributed by atoms with E-state index in [0.29, 0.717) is 30.3 Å². The van der Waals surface area contributed by atoms with Gasteiger partial charge in [-0.3, -0.25) is 9.59 Å². The second kappa shape index (κ2) is 15.7. The van der Waals surface area contributed by atoms with E-state index in [1.807, 2.05) is 13.8 Å². The van der Waals surface area contributed by atoms with Crippen LogP contribution in [0.2, 0.25) is 0 Å². The van der Waals surface area contributed by atoms with Gasteiger partial charge in [0.1, 0.15) is 12.7 Å². The van der Waals surface area contributed by atoms with E-state index < -0.39 is 0 Å². The van der Waals surface area contributed by atoms with Crippen molar-refractivity contribution in [3.63, 3.8) is 0 Å². The van der Waals surface area contributed by atoms with Crippen LogP contribution in [-0.2, 0) is 23.8 Å². The lowest BCUT2D eigenvalue weighted by atomic mass is 9.89. The van der Waals surface area contributed by atoms with Crippen LogP contribution in [0.3, 0.4) is 0 Å². The first-order valence-corrected chi connectivity index (χ1v) is 12.3. The Morgan fingerprint density at radius 2 is 1.13 bits per heavy atom. The Morgan fingerprint density at radius 3 is 1.61 bits per heavy atom. The largest absolute Gasteiger partial charge is 0.463 e. The normalized spacial score (nSPS) is 14.2. The van der Waals surface area contributed by atoms with Crippen molar-refractivity contribution < 1.29 is 23.8 Å². The molecule has 5 nitrogen and oxygen atoms in total. The molecule has 5 heteroatoms. The van der Waals surface area contributed by atoms with Gasteiger partial charge in [-0.25, -0.2) is 0 Å².